The lowest BCUT2D eigenvalue weighted by Gasteiger charge is -2.15. The highest BCUT2D eigenvalue weighted by molar-refractivity contribution is 5.79. The first kappa shape index (κ1) is 18.5. The smallest absolute Gasteiger partial charge is 0.123 e. The summed E-state index contributed by atoms with van der Waals surface area (Å²) >= 11 is 0. The number of halogens is 2. The minimum absolute atomic E-state index is 0.0333. The van der Waals surface area contributed by atoms with Crippen molar-refractivity contribution in [3.63, 3.8) is 0 Å². The van der Waals surface area contributed by atoms with Crippen molar-refractivity contribution in [2.24, 2.45) is 11.5 Å². The number of nitrogens with two attached hydrogens (primary N) is 2. The molecule has 2 aromatic carbocycles. The quantitative estimate of drug-likeness (QED) is 0.808. The average molecular weight is 354 g/mol. The van der Waals surface area contributed by atoms with Crippen LogP contribution in [0.3, 0.4) is 0 Å². The Bertz CT molecular complexity index is 809. The molecule has 0 saturated carbocycles. The van der Waals surface area contributed by atoms with Crippen molar-refractivity contribution in [2.75, 3.05) is 6.54 Å². The number of aryl methyl sites for hydroxylation is 1. The van der Waals surface area contributed by atoms with Gasteiger partial charge in [0.1, 0.15) is 12.0 Å². The van der Waals surface area contributed by atoms with E-state index in [9.17, 15) is 8.78 Å². The number of benzene rings is 2. The molecule has 2 atom stereocenters. The first-order valence-electron chi connectivity index (χ1n) is 8.93. The van der Waals surface area contributed by atoms with E-state index in [1.807, 2.05) is 12.2 Å². The van der Waals surface area contributed by atoms with Crippen molar-refractivity contribution in [2.45, 2.75) is 31.5 Å². The summed E-state index contributed by atoms with van der Waals surface area (Å²) in [4.78, 5) is 0. The summed E-state index contributed by atoms with van der Waals surface area (Å²) in [7, 11) is 0. The van der Waals surface area contributed by atoms with Crippen LogP contribution in [0, 0.1) is 5.82 Å². The molecule has 136 valence electrons. The molecule has 3 rings (SSSR count). The van der Waals surface area contributed by atoms with Crippen molar-refractivity contribution in [3.8, 4) is 11.1 Å². The molecule has 4 heteroatoms. The van der Waals surface area contributed by atoms with Gasteiger partial charge in [-0.15, -0.1) is 0 Å². The van der Waals surface area contributed by atoms with Crippen LogP contribution in [0.4, 0.5) is 8.78 Å². The molecule has 0 aromatic heterocycles. The van der Waals surface area contributed by atoms with Gasteiger partial charge >= 0.3 is 0 Å². The Kier molecular flexibility index (Phi) is 5.96. The van der Waals surface area contributed by atoms with Crippen LogP contribution in [-0.2, 0) is 6.42 Å². The van der Waals surface area contributed by atoms with Crippen LogP contribution in [0.15, 0.2) is 60.7 Å². The van der Waals surface area contributed by atoms with E-state index in [0.29, 0.717) is 13.0 Å². The molecule has 2 aromatic rings. The molecule has 0 saturated heterocycles. The molecule has 0 heterocycles. The zero-order valence-electron chi connectivity index (χ0n) is 14.7. The Morgan fingerprint density at radius 1 is 1.04 bits per heavy atom. The second-order valence-corrected chi connectivity index (χ2v) is 6.73. The first-order valence-corrected chi connectivity index (χ1v) is 8.93. The van der Waals surface area contributed by atoms with Crippen LogP contribution in [0.1, 0.15) is 24.0 Å². The second-order valence-electron chi connectivity index (χ2n) is 6.73. The van der Waals surface area contributed by atoms with E-state index < -0.39 is 6.17 Å². The molecule has 1 unspecified atom stereocenters. The summed E-state index contributed by atoms with van der Waals surface area (Å²) in [6.07, 6.45) is 6.41. The highest BCUT2D eigenvalue weighted by Gasteiger charge is 2.11. The van der Waals surface area contributed by atoms with Gasteiger partial charge < -0.3 is 11.5 Å². The maximum absolute atomic E-state index is 13.4. The van der Waals surface area contributed by atoms with Crippen LogP contribution >= 0.6 is 0 Å². The van der Waals surface area contributed by atoms with Gasteiger partial charge in [0.15, 0.2) is 0 Å². The van der Waals surface area contributed by atoms with Gasteiger partial charge in [-0.3, -0.25) is 0 Å². The highest BCUT2D eigenvalue weighted by atomic mass is 19.1. The van der Waals surface area contributed by atoms with Gasteiger partial charge in [0.25, 0.3) is 0 Å². The van der Waals surface area contributed by atoms with Crippen molar-refractivity contribution in [1.82, 2.24) is 0 Å². The van der Waals surface area contributed by atoms with Crippen molar-refractivity contribution < 1.29 is 8.78 Å². The van der Waals surface area contributed by atoms with Crippen LogP contribution in [0.5, 0.6) is 0 Å². The first-order chi connectivity index (χ1) is 12.5. The predicted octanol–water partition coefficient (Wildman–Crippen LogP) is 4.39. The molecule has 0 bridgehead atoms. The number of rotatable bonds is 6. The summed E-state index contributed by atoms with van der Waals surface area (Å²) in [5.74, 6) is -0.258. The SMILES string of the molecule is NC[C@H](N)CCc1cc(C2=CCC(F)C=C2)cc(-c2ccc(F)cc2)c1. The minimum atomic E-state index is -0.916. The van der Waals surface area contributed by atoms with Gasteiger partial charge in [-0.2, -0.15) is 0 Å². The average Bonchev–Trinajstić information content (AvgIpc) is 2.67. The van der Waals surface area contributed by atoms with Gasteiger partial charge in [0, 0.05) is 19.0 Å². The molecule has 1 aliphatic rings. The van der Waals surface area contributed by atoms with Crippen LogP contribution < -0.4 is 11.5 Å². The lowest BCUT2D eigenvalue weighted by Crippen LogP contribution is -2.29. The number of hydrogen-bond donors (Lipinski definition) is 2. The number of alkyl halides is 1. The molecule has 2 nitrogen and oxygen atoms in total. The molecule has 0 spiro atoms. The molecule has 0 radical (unpaired) electrons. The Morgan fingerprint density at radius 2 is 1.77 bits per heavy atom. The molecule has 26 heavy (non-hydrogen) atoms. The van der Waals surface area contributed by atoms with Crippen LogP contribution in [0.2, 0.25) is 0 Å². The maximum Gasteiger partial charge on any atom is 0.123 e. The lowest BCUT2D eigenvalue weighted by molar-refractivity contribution is 0.402. The minimum Gasteiger partial charge on any atom is -0.329 e. The van der Waals surface area contributed by atoms with Crippen molar-refractivity contribution in [3.05, 3.63) is 77.6 Å². The van der Waals surface area contributed by atoms with Crippen LogP contribution in [-0.4, -0.2) is 18.8 Å². The topological polar surface area (TPSA) is 52.0 Å². The maximum atomic E-state index is 13.4. The highest BCUT2D eigenvalue weighted by Crippen LogP contribution is 2.29. The molecule has 0 aliphatic heterocycles. The largest absolute Gasteiger partial charge is 0.329 e. The lowest BCUT2D eigenvalue weighted by atomic mass is 9.91. The fourth-order valence-corrected chi connectivity index (χ4v) is 3.09. The molecular formula is C22H24F2N2. The van der Waals surface area contributed by atoms with E-state index in [1.54, 1.807) is 18.2 Å². The fraction of sp³-hybridized carbons (Fsp3) is 0.273. The monoisotopic (exact) mass is 354 g/mol. The number of allylic oxidation sites excluding steroid dienone is 4. The third kappa shape index (κ3) is 4.65. The van der Waals surface area contributed by atoms with Gasteiger partial charge in [0.05, 0.1) is 0 Å². The van der Waals surface area contributed by atoms with Crippen molar-refractivity contribution >= 4 is 5.57 Å². The van der Waals surface area contributed by atoms with Gasteiger partial charge in [-0.25, -0.2) is 8.78 Å². The molecule has 0 fully saturated rings. The Morgan fingerprint density at radius 3 is 2.42 bits per heavy atom. The van der Waals surface area contributed by atoms with Gasteiger partial charge in [0.2, 0.25) is 0 Å². The molecule has 1 aliphatic carbocycles. The van der Waals surface area contributed by atoms with E-state index in [4.69, 9.17) is 11.5 Å². The zero-order valence-corrected chi connectivity index (χ0v) is 14.7. The van der Waals surface area contributed by atoms with E-state index in [1.165, 1.54) is 12.1 Å². The summed E-state index contributed by atoms with van der Waals surface area (Å²) < 4.78 is 26.6. The summed E-state index contributed by atoms with van der Waals surface area (Å²) in [6.45, 7) is 0.455. The summed E-state index contributed by atoms with van der Waals surface area (Å²) in [5, 5.41) is 0. The van der Waals surface area contributed by atoms with E-state index >= 15 is 0 Å². The summed E-state index contributed by atoms with van der Waals surface area (Å²) in [6, 6.07) is 12.7. The van der Waals surface area contributed by atoms with Crippen molar-refractivity contribution in [1.29, 1.82) is 0 Å². The zero-order chi connectivity index (χ0) is 18.5. The Labute approximate surface area is 153 Å². The third-order valence-electron chi connectivity index (χ3n) is 4.66. The Hall–Kier alpha value is -2.30. The second kappa shape index (κ2) is 8.39. The van der Waals surface area contributed by atoms with E-state index in [-0.39, 0.29) is 11.9 Å². The number of hydrogen-bond acceptors (Lipinski definition) is 2. The standard InChI is InChI=1S/C22H24F2N2/c23-20-6-2-16(3-7-20)18-11-15(1-10-22(26)14-25)12-19(13-18)17-4-8-21(24)9-5-17/h2-8,11-13,21-22H,1,9-10,14,25-26H2/t21?,22-/m1/s1. The van der Waals surface area contributed by atoms with E-state index in [0.717, 1.165) is 40.7 Å². The fourth-order valence-electron chi connectivity index (χ4n) is 3.09. The molecule has 4 N–H and O–H groups in total. The summed E-state index contributed by atoms with van der Waals surface area (Å²) in [5.41, 5.74) is 16.7. The molecular weight excluding hydrogens is 330 g/mol. The van der Waals surface area contributed by atoms with Crippen LogP contribution in [0.25, 0.3) is 16.7 Å². The Balaban J connectivity index is 1.96. The van der Waals surface area contributed by atoms with Gasteiger partial charge in [-0.1, -0.05) is 36.4 Å². The normalized spacial score (nSPS) is 17.8. The predicted molar refractivity (Wildman–Crippen MR) is 104 cm³/mol. The van der Waals surface area contributed by atoms with Gasteiger partial charge in [-0.05, 0) is 64.9 Å². The van der Waals surface area contributed by atoms with E-state index in [2.05, 4.69) is 18.2 Å². The third-order valence-corrected chi connectivity index (χ3v) is 4.66. The molecule has 0 amide bonds.